The first-order chi connectivity index (χ1) is 12.0. The highest BCUT2D eigenvalue weighted by Crippen LogP contribution is 2.36. The van der Waals surface area contributed by atoms with Gasteiger partial charge in [0, 0.05) is 18.2 Å². The Morgan fingerprint density at radius 2 is 2.00 bits per heavy atom. The van der Waals surface area contributed by atoms with Crippen LogP contribution in [0.5, 0.6) is 0 Å². The van der Waals surface area contributed by atoms with E-state index in [1.165, 1.54) is 4.90 Å². The number of hydrogen-bond donors (Lipinski definition) is 0. The molecule has 0 saturated carbocycles. The summed E-state index contributed by atoms with van der Waals surface area (Å²) in [5.41, 5.74) is 0.671. The van der Waals surface area contributed by atoms with Gasteiger partial charge in [0.2, 0.25) is 0 Å². The van der Waals surface area contributed by atoms with Gasteiger partial charge in [-0.05, 0) is 42.4 Å². The predicted octanol–water partition coefficient (Wildman–Crippen LogP) is 6.09. The average Bonchev–Trinajstić information content (AvgIpc) is 3.14. The molecule has 1 aromatic carbocycles. The van der Waals surface area contributed by atoms with E-state index in [9.17, 15) is 9.59 Å². The zero-order valence-electron chi connectivity index (χ0n) is 13.4. The molecule has 2 heterocycles. The van der Waals surface area contributed by atoms with Gasteiger partial charge in [-0.25, -0.2) is 0 Å². The van der Waals surface area contributed by atoms with E-state index < -0.39 is 0 Å². The predicted molar refractivity (Wildman–Crippen MR) is 102 cm³/mol. The van der Waals surface area contributed by atoms with Crippen molar-refractivity contribution in [3.05, 3.63) is 51.0 Å². The molecule has 25 heavy (non-hydrogen) atoms. The molecule has 7 heteroatoms. The van der Waals surface area contributed by atoms with Crippen LogP contribution in [0.15, 0.2) is 39.7 Å². The van der Waals surface area contributed by atoms with Crippen LogP contribution in [-0.4, -0.2) is 22.6 Å². The molecular weight excluding hydrogens is 381 g/mol. The lowest BCUT2D eigenvalue weighted by Gasteiger charge is -2.10. The maximum absolute atomic E-state index is 12.3. The monoisotopic (exact) mass is 395 g/mol. The minimum Gasteiger partial charge on any atom is -0.457 e. The second-order valence-electron chi connectivity index (χ2n) is 5.49. The van der Waals surface area contributed by atoms with Crippen LogP contribution in [0.1, 0.15) is 25.5 Å². The molecule has 0 atom stereocenters. The summed E-state index contributed by atoms with van der Waals surface area (Å²) in [5.74, 6) is 0.748. The molecule has 1 aliphatic heterocycles. The third-order valence-electron chi connectivity index (χ3n) is 3.73. The van der Waals surface area contributed by atoms with E-state index in [1.54, 1.807) is 36.4 Å². The third-order valence-corrected chi connectivity index (χ3v) is 5.45. The SMILES string of the molecule is CCCCN1C(=O)S/C(=C\c2ccc(-c3cccc(Cl)c3Cl)o2)C1=O. The summed E-state index contributed by atoms with van der Waals surface area (Å²) < 4.78 is 5.75. The summed E-state index contributed by atoms with van der Waals surface area (Å²) in [6.45, 7) is 2.46. The van der Waals surface area contributed by atoms with Crippen LogP contribution >= 0.6 is 35.0 Å². The topological polar surface area (TPSA) is 50.5 Å². The Morgan fingerprint density at radius 3 is 2.76 bits per heavy atom. The van der Waals surface area contributed by atoms with Gasteiger partial charge in [0.1, 0.15) is 11.5 Å². The zero-order chi connectivity index (χ0) is 18.0. The van der Waals surface area contributed by atoms with Gasteiger partial charge < -0.3 is 4.42 Å². The molecule has 0 radical (unpaired) electrons. The minimum atomic E-state index is -0.276. The smallest absolute Gasteiger partial charge is 0.293 e. The van der Waals surface area contributed by atoms with Gasteiger partial charge in [-0.3, -0.25) is 14.5 Å². The molecule has 3 rings (SSSR count). The van der Waals surface area contributed by atoms with Crippen molar-refractivity contribution in [3.8, 4) is 11.3 Å². The highest BCUT2D eigenvalue weighted by molar-refractivity contribution is 8.18. The number of nitrogens with zero attached hydrogens (tertiary/aromatic N) is 1. The molecule has 0 spiro atoms. The van der Waals surface area contributed by atoms with Gasteiger partial charge in [0.25, 0.3) is 11.1 Å². The molecule has 0 N–H and O–H groups in total. The number of halogens is 2. The van der Waals surface area contributed by atoms with E-state index in [1.807, 2.05) is 6.92 Å². The molecule has 2 amide bonds. The highest BCUT2D eigenvalue weighted by Gasteiger charge is 2.34. The number of furan rings is 1. The van der Waals surface area contributed by atoms with Gasteiger partial charge >= 0.3 is 0 Å². The maximum atomic E-state index is 12.3. The Morgan fingerprint density at radius 1 is 1.20 bits per heavy atom. The molecule has 0 unspecified atom stereocenters. The van der Waals surface area contributed by atoms with Crippen LogP contribution in [0, 0.1) is 0 Å². The number of amides is 2. The summed E-state index contributed by atoms with van der Waals surface area (Å²) in [6, 6.07) is 8.76. The van der Waals surface area contributed by atoms with Crippen molar-refractivity contribution >= 4 is 52.2 Å². The van der Waals surface area contributed by atoms with Crippen LogP contribution in [0.25, 0.3) is 17.4 Å². The first-order valence-electron chi connectivity index (χ1n) is 7.81. The fourth-order valence-corrected chi connectivity index (χ4v) is 3.65. The van der Waals surface area contributed by atoms with Crippen molar-refractivity contribution in [2.75, 3.05) is 6.54 Å². The molecule has 4 nitrogen and oxygen atoms in total. The fourth-order valence-electron chi connectivity index (χ4n) is 2.41. The number of rotatable bonds is 5. The van der Waals surface area contributed by atoms with E-state index in [4.69, 9.17) is 27.6 Å². The summed E-state index contributed by atoms with van der Waals surface area (Å²) in [7, 11) is 0. The Balaban J connectivity index is 1.84. The number of benzene rings is 1. The Labute approximate surface area is 159 Å². The number of carbonyl (C=O) groups is 2. The van der Waals surface area contributed by atoms with Crippen LogP contribution in [0.2, 0.25) is 10.0 Å². The average molecular weight is 396 g/mol. The molecule has 0 aliphatic carbocycles. The molecular formula is C18H15Cl2NO3S. The van der Waals surface area contributed by atoms with Crippen molar-refractivity contribution in [2.24, 2.45) is 0 Å². The lowest BCUT2D eigenvalue weighted by Crippen LogP contribution is -2.29. The zero-order valence-corrected chi connectivity index (χ0v) is 15.7. The van der Waals surface area contributed by atoms with Gasteiger partial charge in [0.15, 0.2) is 0 Å². The van der Waals surface area contributed by atoms with E-state index in [-0.39, 0.29) is 11.1 Å². The number of carbonyl (C=O) groups excluding carboxylic acids is 2. The van der Waals surface area contributed by atoms with Gasteiger partial charge in [-0.1, -0.05) is 42.6 Å². The molecule has 1 aliphatic rings. The lowest BCUT2D eigenvalue weighted by molar-refractivity contribution is -0.122. The van der Waals surface area contributed by atoms with Gasteiger partial charge in [0.05, 0.1) is 15.0 Å². The first-order valence-corrected chi connectivity index (χ1v) is 9.38. The van der Waals surface area contributed by atoms with E-state index >= 15 is 0 Å². The number of imide groups is 1. The van der Waals surface area contributed by atoms with Crippen molar-refractivity contribution in [1.82, 2.24) is 4.90 Å². The molecule has 130 valence electrons. The summed E-state index contributed by atoms with van der Waals surface area (Å²) in [6.07, 6.45) is 3.30. The van der Waals surface area contributed by atoms with Crippen LogP contribution < -0.4 is 0 Å². The summed E-state index contributed by atoms with van der Waals surface area (Å²) in [4.78, 5) is 25.9. The fraction of sp³-hybridized carbons (Fsp3) is 0.222. The standard InChI is InChI=1S/C18H15Cl2NO3S/c1-2-3-9-21-17(22)15(25-18(21)23)10-11-7-8-14(24-11)12-5-4-6-13(19)16(12)20/h4-8,10H,2-3,9H2,1H3/b15-10-. The first kappa shape index (κ1) is 18.1. The number of unbranched alkanes of at least 4 members (excludes halogenated alkanes) is 1. The molecule has 1 fully saturated rings. The molecule has 1 aromatic heterocycles. The quantitative estimate of drug-likeness (QED) is 0.574. The number of thioether (sulfide) groups is 1. The third kappa shape index (κ3) is 3.78. The molecule has 1 saturated heterocycles. The van der Waals surface area contributed by atoms with Crippen molar-refractivity contribution in [3.63, 3.8) is 0 Å². The second kappa shape index (κ2) is 7.68. The largest absolute Gasteiger partial charge is 0.457 e. The highest BCUT2D eigenvalue weighted by atomic mass is 35.5. The van der Waals surface area contributed by atoms with E-state index in [0.717, 1.165) is 24.6 Å². The second-order valence-corrected chi connectivity index (χ2v) is 7.27. The lowest BCUT2D eigenvalue weighted by atomic mass is 10.2. The van der Waals surface area contributed by atoms with Gasteiger partial charge in [-0.2, -0.15) is 0 Å². The van der Waals surface area contributed by atoms with E-state index in [0.29, 0.717) is 38.6 Å². The number of hydrogen-bond acceptors (Lipinski definition) is 4. The van der Waals surface area contributed by atoms with Crippen molar-refractivity contribution < 1.29 is 14.0 Å². The Hall–Kier alpha value is -1.69. The summed E-state index contributed by atoms with van der Waals surface area (Å²) in [5, 5.41) is 0.605. The minimum absolute atomic E-state index is 0.241. The normalized spacial score (nSPS) is 16.3. The molecule has 0 bridgehead atoms. The Bertz CT molecular complexity index is 860. The Kier molecular flexibility index (Phi) is 5.57. The van der Waals surface area contributed by atoms with Crippen molar-refractivity contribution in [2.45, 2.75) is 19.8 Å². The van der Waals surface area contributed by atoms with Crippen LogP contribution in [0.3, 0.4) is 0 Å². The van der Waals surface area contributed by atoms with E-state index in [2.05, 4.69) is 0 Å². The van der Waals surface area contributed by atoms with Crippen molar-refractivity contribution in [1.29, 1.82) is 0 Å². The van der Waals surface area contributed by atoms with Gasteiger partial charge in [-0.15, -0.1) is 0 Å². The van der Waals surface area contributed by atoms with Crippen LogP contribution in [0.4, 0.5) is 4.79 Å². The maximum Gasteiger partial charge on any atom is 0.293 e. The van der Waals surface area contributed by atoms with Crippen LogP contribution in [-0.2, 0) is 4.79 Å². The summed E-state index contributed by atoms with van der Waals surface area (Å²) >= 11 is 13.2. The molecule has 2 aromatic rings.